The molecule has 0 bridgehead atoms. The minimum atomic E-state index is -4.29. The van der Waals surface area contributed by atoms with Crippen LogP contribution in [-0.2, 0) is 12.7 Å². The van der Waals surface area contributed by atoms with Crippen molar-refractivity contribution >= 4 is 10.8 Å². The highest BCUT2D eigenvalue weighted by Crippen LogP contribution is 2.29. The third-order valence-corrected chi connectivity index (χ3v) is 4.18. The fraction of sp³-hybridized carbons (Fsp3) is 0.200. The van der Waals surface area contributed by atoms with Crippen molar-refractivity contribution < 1.29 is 13.2 Å². The monoisotopic (exact) mass is 329 g/mol. The molecule has 0 radical (unpaired) electrons. The number of rotatable bonds is 4. The predicted octanol–water partition coefficient (Wildman–Crippen LogP) is 5.71. The van der Waals surface area contributed by atoms with E-state index >= 15 is 0 Å². The second-order valence-corrected chi connectivity index (χ2v) is 5.87. The fourth-order valence-corrected chi connectivity index (χ4v) is 2.82. The first-order chi connectivity index (χ1) is 11.4. The lowest BCUT2D eigenvalue weighted by molar-refractivity contribution is -0.137. The Morgan fingerprint density at radius 3 is 2.25 bits per heavy atom. The lowest BCUT2D eigenvalue weighted by atomic mass is 9.99. The number of benzene rings is 3. The number of alkyl halides is 3. The number of halogens is 3. The maximum Gasteiger partial charge on any atom is 0.416 e. The van der Waals surface area contributed by atoms with E-state index in [1.54, 1.807) is 0 Å². The molecule has 24 heavy (non-hydrogen) atoms. The third kappa shape index (κ3) is 3.60. The van der Waals surface area contributed by atoms with E-state index < -0.39 is 11.7 Å². The fourth-order valence-electron chi connectivity index (χ4n) is 2.82. The van der Waals surface area contributed by atoms with E-state index in [2.05, 4.69) is 36.5 Å². The lowest BCUT2D eigenvalue weighted by Crippen LogP contribution is -2.18. The Morgan fingerprint density at radius 1 is 0.875 bits per heavy atom. The summed E-state index contributed by atoms with van der Waals surface area (Å²) in [5.41, 5.74) is 1.39. The molecule has 0 spiro atoms. The van der Waals surface area contributed by atoms with Gasteiger partial charge in [0.15, 0.2) is 0 Å². The van der Waals surface area contributed by atoms with Gasteiger partial charge >= 0.3 is 6.18 Å². The van der Waals surface area contributed by atoms with Crippen LogP contribution in [0, 0.1) is 0 Å². The highest BCUT2D eigenvalue weighted by molar-refractivity contribution is 5.86. The van der Waals surface area contributed by atoms with Crippen molar-refractivity contribution in [2.45, 2.75) is 25.7 Å². The summed E-state index contributed by atoms with van der Waals surface area (Å²) in [6.07, 6.45) is -4.29. The average Bonchev–Trinajstić information content (AvgIpc) is 2.59. The van der Waals surface area contributed by atoms with E-state index in [0.717, 1.165) is 17.7 Å². The number of hydrogen-bond donors (Lipinski definition) is 1. The zero-order valence-corrected chi connectivity index (χ0v) is 13.3. The van der Waals surface area contributed by atoms with Crippen molar-refractivity contribution in [3.8, 4) is 0 Å². The molecule has 0 aliphatic rings. The van der Waals surface area contributed by atoms with Gasteiger partial charge in [-0.1, -0.05) is 54.6 Å². The van der Waals surface area contributed by atoms with Gasteiger partial charge in [-0.2, -0.15) is 13.2 Å². The molecule has 0 saturated heterocycles. The van der Waals surface area contributed by atoms with E-state index in [0.29, 0.717) is 6.54 Å². The molecular weight excluding hydrogens is 311 g/mol. The van der Waals surface area contributed by atoms with Crippen LogP contribution >= 0.6 is 0 Å². The maximum atomic E-state index is 12.6. The van der Waals surface area contributed by atoms with Crippen LogP contribution in [0.25, 0.3) is 10.8 Å². The Hall–Kier alpha value is -2.33. The lowest BCUT2D eigenvalue weighted by Gasteiger charge is -2.17. The molecule has 0 aliphatic carbocycles. The van der Waals surface area contributed by atoms with Crippen molar-refractivity contribution in [2.75, 3.05) is 0 Å². The highest BCUT2D eigenvalue weighted by Gasteiger charge is 2.29. The molecule has 3 aromatic rings. The van der Waals surface area contributed by atoms with Crippen LogP contribution in [-0.4, -0.2) is 0 Å². The minimum absolute atomic E-state index is 0.0957. The van der Waals surface area contributed by atoms with Gasteiger partial charge < -0.3 is 5.32 Å². The average molecular weight is 329 g/mol. The first-order valence-electron chi connectivity index (χ1n) is 7.82. The SMILES string of the molecule is C[C@@H](NCc1ccc(C(F)(F)F)cc1)c1cccc2ccccc12. The van der Waals surface area contributed by atoms with Gasteiger partial charge in [0.25, 0.3) is 0 Å². The second kappa shape index (κ2) is 6.65. The smallest absolute Gasteiger partial charge is 0.306 e. The zero-order valence-electron chi connectivity index (χ0n) is 13.3. The Labute approximate surface area is 139 Å². The van der Waals surface area contributed by atoms with Crippen molar-refractivity contribution in [3.63, 3.8) is 0 Å². The van der Waals surface area contributed by atoms with Gasteiger partial charge in [-0.05, 0) is 41.0 Å². The molecule has 0 aliphatic heterocycles. The molecule has 1 atom stereocenters. The van der Waals surface area contributed by atoms with Crippen molar-refractivity contribution in [1.29, 1.82) is 0 Å². The van der Waals surface area contributed by atoms with Gasteiger partial charge in [0.2, 0.25) is 0 Å². The molecule has 0 aromatic heterocycles. The Balaban J connectivity index is 1.72. The molecule has 3 rings (SSSR count). The predicted molar refractivity (Wildman–Crippen MR) is 90.6 cm³/mol. The minimum Gasteiger partial charge on any atom is -0.306 e. The zero-order chi connectivity index (χ0) is 17.2. The van der Waals surface area contributed by atoms with Gasteiger partial charge in [0, 0.05) is 12.6 Å². The Morgan fingerprint density at radius 2 is 1.54 bits per heavy atom. The summed E-state index contributed by atoms with van der Waals surface area (Å²) in [7, 11) is 0. The van der Waals surface area contributed by atoms with Crippen molar-refractivity contribution in [3.05, 3.63) is 83.4 Å². The van der Waals surface area contributed by atoms with Crippen LogP contribution in [0.2, 0.25) is 0 Å². The summed E-state index contributed by atoms with van der Waals surface area (Å²) in [5, 5.41) is 5.75. The topological polar surface area (TPSA) is 12.0 Å². The first-order valence-corrected chi connectivity index (χ1v) is 7.82. The maximum absolute atomic E-state index is 12.6. The molecular formula is C20H18F3N. The van der Waals surface area contributed by atoms with Gasteiger partial charge in [-0.3, -0.25) is 0 Å². The van der Waals surface area contributed by atoms with Crippen LogP contribution in [0.1, 0.15) is 29.7 Å². The van der Waals surface area contributed by atoms with Crippen LogP contribution in [0.3, 0.4) is 0 Å². The highest BCUT2D eigenvalue weighted by atomic mass is 19.4. The van der Waals surface area contributed by atoms with E-state index in [-0.39, 0.29) is 6.04 Å². The van der Waals surface area contributed by atoms with Crippen LogP contribution in [0.5, 0.6) is 0 Å². The first kappa shape index (κ1) is 16.5. The van der Waals surface area contributed by atoms with Gasteiger partial charge in [-0.25, -0.2) is 0 Å². The number of hydrogen-bond acceptors (Lipinski definition) is 1. The quantitative estimate of drug-likeness (QED) is 0.646. The van der Waals surface area contributed by atoms with Crippen LogP contribution in [0.15, 0.2) is 66.7 Å². The molecule has 1 nitrogen and oxygen atoms in total. The van der Waals surface area contributed by atoms with E-state index in [9.17, 15) is 13.2 Å². The summed E-state index contributed by atoms with van der Waals surface area (Å²) in [6.45, 7) is 2.58. The standard InChI is InChI=1S/C20H18F3N/c1-14(18-8-4-6-16-5-2-3-7-19(16)18)24-13-15-9-11-17(12-10-15)20(21,22)23/h2-12,14,24H,13H2,1H3/t14-/m1/s1. The summed E-state index contributed by atoms with van der Waals surface area (Å²) in [6, 6.07) is 19.7. The summed E-state index contributed by atoms with van der Waals surface area (Å²) >= 11 is 0. The van der Waals surface area contributed by atoms with Crippen molar-refractivity contribution in [2.24, 2.45) is 0 Å². The molecule has 0 amide bonds. The molecule has 0 fully saturated rings. The second-order valence-electron chi connectivity index (χ2n) is 5.87. The molecule has 0 saturated carbocycles. The summed E-state index contributed by atoms with van der Waals surface area (Å²) < 4.78 is 37.8. The summed E-state index contributed by atoms with van der Waals surface area (Å²) in [4.78, 5) is 0. The summed E-state index contributed by atoms with van der Waals surface area (Å²) in [5.74, 6) is 0. The van der Waals surface area contributed by atoms with E-state index in [1.807, 2.05) is 18.2 Å². The number of fused-ring (bicyclic) bond motifs is 1. The van der Waals surface area contributed by atoms with Crippen molar-refractivity contribution in [1.82, 2.24) is 5.32 Å². The van der Waals surface area contributed by atoms with E-state index in [1.165, 1.54) is 28.5 Å². The number of nitrogens with one attached hydrogen (secondary N) is 1. The van der Waals surface area contributed by atoms with E-state index in [4.69, 9.17) is 0 Å². The Bertz CT molecular complexity index is 817. The van der Waals surface area contributed by atoms with Gasteiger partial charge in [0.1, 0.15) is 0 Å². The molecule has 1 N–H and O–H groups in total. The largest absolute Gasteiger partial charge is 0.416 e. The van der Waals surface area contributed by atoms with Crippen LogP contribution < -0.4 is 5.32 Å². The Kier molecular flexibility index (Phi) is 4.58. The molecule has 0 unspecified atom stereocenters. The normalized spacial score (nSPS) is 13.2. The van der Waals surface area contributed by atoms with Crippen LogP contribution in [0.4, 0.5) is 13.2 Å². The molecule has 0 heterocycles. The molecule has 4 heteroatoms. The van der Waals surface area contributed by atoms with Gasteiger partial charge in [-0.15, -0.1) is 0 Å². The molecule has 3 aromatic carbocycles. The van der Waals surface area contributed by atoms with Gasteiger partial charge in [0.05, 0.1) is 5.56 Å². The third-order valence-electron chi connectivity index (χ3n) is 4.18. The molecule has 124 valence electrons.